The minimum Gasteiger partial charge on any atom is -0.352 e. The van der Waals surface area contributed by atoms with Gasteiger partial charge in [0.05, 0.1) is 11.6 Å². The first-order chi connectivity index (χ1) is 11.8. The summed E-state index contributed by atoms with van der Waals surface area (Å²) in [5.41, 5.74) is 1.79. The van der Waals surface area contributed by atoms with Crippen LogP contribution >= 0.6 is 0 Å². The zero-order valence-corrected chi connectivity index (χ0v) is 14.5. The van der Waals surface area contributed by atoms with Gasteiger partial charge in [-0.25, -0.2) is 0 Å². The first-order valence-corrected chi connectivity index (χ1v) is 8.99. The second-order valence-electron chi connectivity index (χ2n) is 6.80. The molecule has 0 spiro atoms. The number of hydrogen-bond acceptors (Lipinski definition) is 3. The lowest BCUT2D eigenvalue weighted by molar-refractivity contribution is 0.242. The third-order valence-electron chi connectivity index (χ3n) is 5.14. The van der Waals surface area contributed by atoms with E-state index in [1.54, 1.807) is 0 Å². The summed E-state index contributed by atoms with van der Waals surface area (Å²) in [6.07, 6.45) is 6.71. The molecule has 128 valence electrons. The Hall–Kier alpha value is -2.06. The third-order valence-corrected chi connectivity index (χ3v) is 5.14. The molecule has 24 heavy (non-hydrogen) atoms. The van der Waals surface area contributed by atoms with Crippen molar-refractivity contribution in [1.82, 2.24) is 15.5 Å². The van der Waals surface area contributed by atoms with E-state index in [0.29, 0.717) is 18.2 Å². The van der Waals surface area contributed by atoms with Crippen LogP contribution in [0.4, 0.5) is 0 Å². The molecule has 1 unspecified atom stereocenters. The van der Waals surface area contributed by atoms with Gasteiger partial charge in [0.1, 0.15) is 0 Å². The number of nitrogens with one attached hydrogen (secondary N) is 2. The maximum Gasteiger partial charge on any atom is 0.191 e. The fourth-order valence-electron chi connectivity index (χ4n) is 3.83. The lowest BCUT2D eigenvalue weighted by atomic mass is 10.1. The fourth-order valence-corrected chi connectivity index (χ4v) is 3.83. The van der Waals surface area contributed by atoms with Gasteiger partial charge in [-0.05, 0) is 37.0 Å². The first-order valence-electron chi connectivity index (χ1n) is 8.99. The average molecular weight is 325 g/mol. The van der Waals surface area contributed by atoms with Crippen LogP contribution in [0.2, 0.25) is 0 Å². The topological polar surface area (TPSA) is 63.5 Å². The van der Waals surface area contributed by atoms with Crippen molar-refractivity contribution in [2.45, 2.75) is 50.7 Å². The zero-order chi connectivity index (χ0) is 16.8. The molecule has 0 bridgehead atoms. The van der Waals surface area contributed by atoms with Gasteiger partial charge in [0, 0.05) is 38.8 Å². The summed E-state index contributed by atoms with van der Waals surface area (Å²) in [6, 6.07) is 11.1. The van der Waals surface area contributed by atoms with Crippen LogP contribution in [0.5, 0.6) is 0 Å². The van der Waals surface area contributed by atoms with Gasteiger partial charge in [0.2, 0.25) is 0 Å². The molecule has 1 atom stereocenters. The number of aliphatic imine (C=N–C) groups is 1. The summed E-state index contributed by atoms with van der Waals surface area (Å²) < 4.78 is 0. The van der Waals surface area contributed by atoms with E-state index in [1.165, 1.54) is 38.6 Å². The van der Waals surface area contributed by atoms with E-state index >= 15 is 0 Å². The molecule has 0 amide bonds. The maximum absolute atomic E-state index is 8.98. The normalized spacial score (nSPS) is 22.5. The van der Waals surface area contributed by atoms with E-state index in [9.17, 15) is 0 Å². The van der Waals surface area contributed by atoms with Crippen LogP contribution in [0.1, 0.15) is 43.2 Å². The monoisotopic (exact) mass is 325 g/mol. The standard InChI is InChI=1S/C19H27N5/c1-21-19(22-13-16-6-4-5-15(11-16)12-20)23-17-9-10-24(14-17)18-7-2-3-8-18/h4-6,11,17-18H,2-3,7-10,13-14H2,1H3,(H2,21,22,23). The Kier molecular flexibility index (Phi) is 5.71. The number of benzene rings is 1. The van der Waals surface area contributed by atoms with Crippen molar-refractivity contribution < 1.29 is 0 Å². The summed E-state index contributed by atoms with van der Waals surface area (Å²) in [4.78, 5) is 6.99. The smallest absolute Gasteiger partial charge is 0.191 e. The van der Waals surface area contributed by atoms with Crippen LogP contribution in [0.15, 0.2) is 29.3 Å². The number of likely N-dealkylation sites (tertiary alicyclic amines) is 1. The molecular formula is C19H27N5. The second kappa shape index (κ2) is 8.16. The van der Waals surface area contributed by atoms with Gasteiger partial charge in [-0.2, -0.15) is 5.26 Å². The molecule has 1 aliphatic carbocycles. The molecule has 1 aliphatic heterocycles. The molecule has 0 radical (unpaired) electrons. The van der Waals surface area contributed by atoms with Crippen LogP contribution in [0.3, 0.4) is 0 Å². The molecule has 1 aromatic carbocycles. The fraction of sp³-hybridized carbons (Fsp3) is 0.579. The minimum absolute atomic E-state index is 0.474. The SMILES string of the molecule is CN=C(NCc1cccc(C#N)c1)NC1CCN(C2CCCC2)C1. The lowest BCUT2D eigenvalue weighted by Crippen LogP contribution is -2.45. The van der Waals surface area contributed by atoms with Crippen molar-refractivity contribution in [3.05, 3.63) is 35.4 Å². The van der Waals surface area contributed by atoms with Crippen molar-refractivity contribution in [2.24, 2.45) is 4.99 Å². The Labute approximate surface area is 144 Å². The highest BCUT2D eigenvalue weighted by molar-refractivity contribution is 5.80. The molecule has 2 aliphatic rings. The number of nitriles is 1. The van der Waals surface area contributed by atoms with E-state index in [4.69, 9.17) is 5.26 Å². The Morgan fingerprint density at radius 1 is 1.33 bits per heavy atom. The predicted molar refractivity (Wildman–Crippen MR) is 96.7 cm³/mol. The molecule has 3 rings (SSSR count). The summed E-state index contributed by atoms with van der Waals surface area (Å²) in [5, 5.41) is 15.9. The summed E-state index contributed by atoms with van der Waals surface area (Å²) in [7, 11) is 1.81. The highest BCUT2D eigenvalue weighted by Gasteiger charge is 2.30. The van der Waals surface area contributed by atoms with Gasteiger partial charge in [-0.15, -0.1) is 0 Å². The molecule has 2 N–H and O–H groups in total. The Bertz CT molecular complexity index is 612. The van der Waals surface area contributed by atoms with Gasteiger partial charge in [0.15, 0.2) is 5.96 Å². The van der Waals surface area contributed by atoms with E-state index in [-0.39, 0.29) is 0 Å². The van der Waals surface area contributed by atoms with Crippen LogP contribution < -0.4 is 10.6 Å². The molecule has 1 aromatic rings. The second-order valence-corrected chi connectivity index (χ2v) is 6.80. The van der Waals surface area contributed by atoms with Crippen LogP contribution in [-0.4, -0.2) is 43.1 Å². The quantitative estimate of drug-likeness (QED) is 0.658. The van der Waals surface area contributed by atoms with Gasteiger partial charge >= 0.3 is 0 Å². The predicted octanol–water partition coefficient (Wildman–Crippen LogP) is 2.24. The average Bonchev–Trinajstić information content (AvgIpc) is 3.30. The minimum atomic E-state index is 0.474. The Morgan fingerprint density at radius 2 is 2.17 bits per heavy atom. The number of rotatable bonds is 4. The lowest BCUT2D eigenvalue weighted by Gasteiger charge is -2.24. The van der Waals surface area contributed by atoms with E-state index < -0.39 is 0 Å². The highest BCUT2D eigenvalue weighted by Crippen LogP contribution is 2.26. The van der Waals surface area contributed by atoms with Crippen LogP contribution in [0, 0.1) is 11.3 Å². The van der Waals surface area contributed by atoms with Gasteiger partial charge < -0.3 is 10.6 Å². The van der Waals surface area contributed by atoms with Gasteiger partial charge in [0.25, 0.3) is 0 Å². The van der Waals surface area contributed by atoms with Crippen molar-refractivity contribution in [3.63, 3.8) is 0 Å². The van der Waals surface area contributed by atoms with Crippen LogP contribution in [-0.2, 0) is 6.54 Å². The van der Waals surface area contributed by atoms with Crippen molar-refractivity contribution in [3.8, 4) is 6.07 Å². The largest absolute Gasteiger partial charge is 0.352 e. The Morgan fingerprint density at radius 3 is 2.92 bits per heavy atom. The van der Waals surface area contributed by atoms with Crippen LogP contribution in [0.25, 0.3) is 0 Å². The molecular weight excluding hydrogens is 298 g/mol. The number of guanidine groups is 1. The van der Waals surface area contributed by atoms with Gasteiger partial charge in [-0.3, -0.25) is 9.89 Å². The molecule has 2 fully saturated rings. The summed E-state index contributed by atoms with van der Waals surface area (Å²) in [5.74, 6) is 0.843. The van der Waals surface area contributed by atoms with E-state index in [0.717, 1.165) is 24.1 Å². The maximum atomic E-state index is 8.98. The third kappa shape index (κ3) is 4.27. The van der Waals surface area contributed by atoms with Gasteiger partial charge in [-0.1, -0.05) is 25.0 Å². The number of nitrogens with zero attached hydrogens (tertiary/aromatic N) is 3. The van der Waals surface area contributed by atoms with E-state index in [2.05, 4.69) is 26.6 Å². The molecule has 5 heteroatoms. The van der Waals surface area contributed by atoms with E-state index in [1.807, 2.05) is 31.3 Å². The van der Waals surface area contributed by atoms with Crippen molar-refractivity contribution >= 4 is 5.96 Å². The summed E-state index contributed by atoms with van der Waals surface area (Å²) in [6.45, 7) is 2.99. The molecule has 5 nitrogen and oxygen atoms in total. The Balaban J connectivity index is 1.47. The number of hydrogen-bond donors (Lipinski definition) is 2. The molecule has 1 saturated carbocycles. The first kappa shape index (κ1) is 16.8. The molecule has 0 aromatic heterocycles. The molecule has 1 heterocycles. The van der Waals surface area contributed by atoms with Crippen molar-refractivity contribution in [2.75, 3.05) is 20.1 Å². The molecule has 1 saturated heterocycles. The van der Waals surface area contributed by atoms with Crippen molar-refractivity contribution in [1.29, 1.82) is 5.26 Å². The zero-order valence-electron chi connectivity index (χ0n) is 14.5. The highest BCUT2D eigenvalue weighted by atomic mass is 15.3. The summed E-state index contributed by atoms with van der Waals surface area (Å²) >= 11 is 0.